The third-order valence-corrected chi connectivity index (χ3v) is 16.4. The fourth-order valence-corrected chi connectivity index (χ4v) is 12.9. The number of imidazole rings is 1. The molecule has 0 aromatic carbocycles. The van der Waals surface area contributed by atoms with Crippen LogP contribution < -0.4 is 5.73 Å². The Labute approximate surface area is 281 Å². The Morgan fingerprint density at radius 2 is 1.33 bits per heavy atom. The van der Waals surface area contributed by atoms with Crippen molar-refractivity contribution >= 4 is 34.6 Å². The molecule has 10 nitrogen and oxygen atoms in total. The van der Waals surface area contributed by atoms with Crippen LogP contribution in [0.1, 0.15) is 126 Å². The molecule has 0 saturated carbocycles. The van der Waals surface area contributed by atoms with Crippen LogP contribution in [-0.4, -0.2) is 78.2 Å². The number of hydrogen-bond acceptors (Lipinski definition) is 8. The molecule has 2 aromatic heterocycles. The zero-order valence-electron chi connectivity index (χ0n) is 30.0. The highest BCUT2D eigenvalue weighted by Gasteiger charge is 2.33. The van der Waals surface area contributed by atoms with E-state index in [4.69, 9.17) is 19.7 Å². The molecular weight excluding hydrogens is 621 g/mol. The number of fused-ring (bicyclic) bond motifs is 1. The molecule has 2 heterocycles. The van der Waals surface area contributed by atoms with Gasteiger partial charge in [-0.25, -0.2) is 25.0 Å². The first-order chi connectivity index (χ1) is 21.9. The number of nitrogens with two attached hydrogens (primary N) is 1. The van der Waals surface area contributed by atoms with Gasteiger partial charge in [0.25, 0.3) is 0 Å². The van der Waals surface area contributed by atoms with Gasteiger partial charge in [-0.3, -0.25) is 4.57 Å². The van der Waals surface area contributed by atoms with Gasteiger partial charge in [-0.15, -0.1) is 0 Å². The molecule has 3 N–H and O–H groups in total. The number of ether oxygens (including phenoxy) is 2. The first-order valence-electron chi connectivity index (χ1n) is 17.7. The van der Waals surface area contributed by atoms with Gasteiger partial charge in [0.2, 0.25) is 0 Å². The number of anilines is 1. The largest absolute Gasteiger partial charge is 0.382 e. The quantitative estimate of drug-likeness (QED) is 0.0698. The molecule has 0 aliphatic carbocycles. The topological polar surface area (TPSA) is 135 Å². The van der Waals surface area contributed by atoms with Gasteiger partial charge in [0.1, 0.15) is 18.2 Å². The van der Waals surface area contributed by atoms with Crippen molar-refractivity contribution in [2.45, 2.75) is 154 Å². The molecule has 268 valence electrons. The third kappa shape index (κ3) is 14.1. The molecule has 12 heteroatoms. The van der Waals surface area contributed by atoms with E-state index < -0.39 is 24.0 Å². The highest BCUT2D eigenvalue weighted by molar-refractivity contribution is 8.35. The molecule has 0 fully saturated rings. The molecule has 0 amide bonds. The maximum atomic E-state index is 12.3. The summed E-state index contributed by atoms with van der Waals surface area (Å²) in [5.74, 6) is 1.77. The van der Waals surface area contributed by atoms with E-state index in [0.717, 1.165) is 28.6 Å². The van der Waals surface area contributed by atoms with Crippen molar-refractivity contribution in [1.82, 2.24) is 19.5 Å². The predicted molar refractivity (Wildman–Crippen MR) is 195 cm³/mol. The van der Waals surface area contributed by atoms with Gasteiger partial charge >= 0.3 is 7.60 Å². The van der Waals surface area contributed by atoms with E-state index in [-0.39, 0.29) is 19.3 Å². The van der Waals surface area contributed by atoms with E-state index in [1.165, 1.54) is 76.3 Å². The van der Waals surface area contributed by atoms with Gasteiger partial charge in [-0.1, -0.05) is 106 Å². The monoisotopic (exact) mass is 687 g/mol. The smallest absolute Gasteiger partial charge is 0.353 e. The van der Waals surface area contributed by atoms with E-state index in [1.54, 1.807) is 17.8 Å². The standard InChI is InChI=1S/C34H66N5O5PS/c1-28(2)46(29(3)4,30(5)6)23-19-17-15-13-11-9-8-10-12-14-16-18-20-42-21-22-44-45(40,41)27-43-31(7)24-39-26-38-32-33(35)36-25-37-34(32)39/h25-26,28-31H,8-24,27H2,1-7H3,(H,40,41)(H2,35,36,37)/t31-/m1/s1. The Kier molecular flexibility index (Phi) is 19.3. The second kappa shape index (κ2) is 21.7. The summed E-state index contributed by atoms with van der Waals surface area (Å²) in [6, 6.07) is 0. The summed E-state index contributed by atoms with van der Waals surface area (Å²) in [6.45, 7) is 18.0. The lowest BCUT2D eigenvalue weighted by Crippen LogP contribution is -2.31. The minimum absolute atomic E-state index is 0.0591. The molecule has 46 heavy (non-hydrogen) atoms. The summed E-state index contributed by atoms with van der Waals surface area (Å²) in [5.41, 5.74) is 6.93. The Balaban J connectivity index is 1.39. The van der Waals surface area contributed by atoms with Crippen molar-refractivity contribution in [3.05, 3.63) is 12.7 Å². The van der Waals surface area contributed by atoms with Crippen molar-refractivity contribution in [2.75, 3.05) is 37.7 Å². The van der Waals surface area contributed by atoms with Crippen LogP contribution in [-0.2, 0) is 25.1 Å². The molecule has 0 aliphatic rings. The molecule has 0 bridgehead atoms. The van der Waals surface area contributed by atoms with Crippen LogP contribution in [0.2, 0.25) is 0 Å². The van der Waals surface area contributed by atoms with Crippen molar-refractivity contribution in [1.29, 1.82) is 0 Å². The Bertz CT molecular complexity index is 1130. The molecule has 0 aliphatic heterocycles. The summed E-state index contributed by atoms with van der Waals surface area (Å²) in [5, 5.41) is 2.49. The molecule has 2 rings (SSSR count). The molecule has 1 unspecified atom stereocenters. The number of unbranched alkanes of at least 4 members (excludes halogenated alkanes) is 11. The van der Waals surface area contributed by atoms with Gasteiger partial charge in [0.15, 0.2) is 11.5 Å². The molecular formula is C34H66N5O5PS. The number of nitrogen functional groups attached to an aromatic ring is 1. The SMILES string of the molecule is CC(C)S(CCCCCCCCCCCCCCOCCOP(=O)(O)CO[C@H](C)Cn1cnc2c(N)ncnc21)(C(C)C)C(C)C. The molecule has 2 aromatic rings. The molecule has 2 atom stereocenters. The minimum Gasteiger partial charge on any atom is -0.382 e. The number of aromatic nitrogens is 4. The van der Waals surface area contributed by atoms with Gasteiger partial charge in [0.05, 0.1) is 32.2 Å². The maximum absolute atomic E-state index is 12.3. The predicted octanol–water partition coefficient (Wildman–Crippen LogP) is 8.70. The summed E-state index contributed by atoms with van der Waals surface area (Å²) < 4.78 is 30.4. The number of nitrogens with zero attached hydrogens (tertiary/aromatic N) is 4. The van der Waals surface area contributed by atoms with Gasteiger partial charge in [0, 0.05) is 6.61 Å². The molecule has 0 spiro atoms. The number of rotatable bonds is 27. The average molecular weight is 688 g/mol. The summed E-state index contributed by atoms with van der Waals surface area (Å²) in [4.78, 5) is 22.4. The van der Waals surface area contributed by atoms with Gasteiger partial charge < -0.3 is 29.2 Å². The number of hydrogen-bond donors (Lipinski definition) is 2. The lowest BCUT2D eigenvalue weighted by molar-refractivity contribution is 0.0610. The second-order valence-electron chi connectivity index (χ2n) is 13.5. The summed E-state index contributed by atoms with van der Waals surface area (Å²) in [7, 11) is -4.40. The zero-order chi connectivity index (χ0) is 34.0. The van der Waals surface area contributed by atoms with Crippen molar-refractivity contribution in [3.63, 3.8) is 0 Å². The average Bonchev–Trinajstić information content (AvgIpc) is 3.40. The van der Waals surface area contributed by atoms with E-state index >= 15 is 0 Å². The second-order valence-corrected chi connectivity index (χ2v) is 20.4. The van der Waals surface area contributed by atoms with E-state index in [2.05, 4.69) is 56.5 Å². The fraction of sp³-hybridized carbons (Fsp3) is 0.853. The Morgan fingerprint density at radius 3 is 1.89 bits per heavy atom. The van der Waals surface area contributed by atoms with Crippen molar-refractivity contribution < 1.29 is 23.5 Å². The van der Waals surface area contributed by atoms with Crippen LogP contribution >= 0.6 is 17.6 Å². The highest BCUT2D eigenvalue weighted by atomic mass is 32.3. The van der Waals surface area contributed by atoms with Gasteiger partial charge in [-0.05, 0) is 41.3 Å². The molecule has 0 radical (unpaired) electrons. The van der Waals surface area contributed by atoms with Crippen LogP contribution in [0.25, 0.3) is 11.2 Å². The minimum atomic E-state index is -3.87. The van der Waals surface area contributed by atoms with E-state index in [0.29, 0.717) is 30.1 Å². The summed E-state index contributed by atoms with van der Waals surface area (Å²) >= 11 is 0. The third-order valence-electron chi connectivity index (χ3n) is 9.10. The summed E-state index contributed by atoms with van der Waals surface area (Å²) in [6.07, 6.45) is 17.9. The Morgan fingerprint density at radius 1 is 0.783 bits per heavy atom. The molecule has 0 saturated heterocycles. The first kappa shape index (κ1) is 40.9. The van der Waals surface area contributed by atoms with Crippen LogP contribution in [0, 0.1) is 0 Å². The Hall–Kier alpha value is -1.23. The van der Waals surface area contributed by atoms with Gasteiger partial charge in [-0.2, -0.15) is 0 Å². The normalized spacial score (nSPS) is 14.9. The van der Waals surface area contributed by atoms with Crippen LogP contribution in [0.15, 0.2) is 12.7 Å². The maximum Gasteiger partial charge on any atom is 0.353 e. The van der Waals surface area contributed by atoms with Crippen LogP contribution in [0.4, 0.5) is 5.82 Å². The van der Waals surface area contributed by atoms with E-state index in [1.807, 2.05) is 0 Å². The van der Waals surface area contributed by atoms with Crippen molar-refractivity contribution in [3.8, 4) is 0 Å². The van der Waals surface area contributed by atoms with Crippen LogP contribution in [0.5, 0.6) is 0 Å². The van der Waals surface area contributed by atoms with Crippen molar-refractivity contribution in [2.24, 2.45) is 0 Å². The van der Waals surface area contributed by atoms with Crippen LogP contribution in [0.3, 0.4) is 0 Å². The first-order valence-corrected chi connectivity index (χ1v) is 21.5. The highest BCUT2D eigenvalue weighted by Crippen LogP contribution is 2.60. The lowest BCUT2D eigenvalue weighted by Gasteiger charge is -2.51. The zero-order valence-corrected chi connectivity index (χ0v) is 31.7. The van der Waals surface area contributed by atoms with E-state index in [9.17, 15) is 9.46 Å². The lowest BCUT2D eigenvalue weighted by atomic mass is 10.1. The fourth-order valence-electron chi connectivity index (χ4n) is 6.63.